The van der Waals surface area contributed by atoms with Gasteiger partial charge in [0.2, 0.25) is 0 Å². The average Bonchev–Trinajstić information content (AvgIpc) is 2.70. The zero-order valence-electron chi connectivity index (χ0n) is 14.4. The topological polar surface area (TPSA) is 76.7 Å². The molecule has 0 heterocycles. The molecule has 0 aromatic heterocycles. The van der Waals surface area contributed by atoms with Crippen molar-refractivity contribution in [2.75, 3.05) is 0 Å². The highest BCUT2D eigenvalue weighted by Gasteiger charge is 2.30. The van der Waals surface area contributed by atoms with Crippen LogP contribution in [0.5, 0.6) is 5.75 Å². The minimum atomic E-state index is -3.36. The highest BCUT2D eigenvalue weighted by Crippen LogP contribution is 2.45. The Labute approximate surface area is 163 Å². The molecular weight excluding hydrogens is 377 g/mol. The van der Waals surface area contributed by atoms with Gasteiger partial charge in [0, 0.05) is 5.56 Å². The molecule has 27 heavy (non-hydrogen) atoms. The van der Waals surface area contributed by atoms with Gasteiger partial charge in [0.1, 0.15) is 5.75 Å². The monoisotopic (exact) mass is 395 g/mol. The number of para-hydroxylation sites is 1. The Morgan fingerprint density at radius 2 is 1.44 bits per heavy atom. The van der Waals surface area contributed by atoms with Crippen LogP contribution in [0.15, 0.2) is 90.0 Å². The zero-order valence-corrected chi connectivity index (χ0v) is 16.1. The minimum absolute atomic E-state index is 0.0592. The smallest absolute Gasteiger partial charge is 0.306 e. The van der Waals surface area contributed by atoms with Gasteiger partial charge in [0.15, 0.2) is 5.11 Å². The van der Waals surface area contributed by atoms with Crippen molar-refractivity contribution in [1.29, 1.82) is 0 Å². The lowest BCUT2D eigenvalue weighted by molar-refractivity contribution is 0.502. The highest BCUT2D eigenvalue weighted by atomic mass is 32.1. The van der Waals surface area contributed by atoms with Crippen LogP contribution in [0.1, 0.15) is 5.56 Å². The standard InChI is InChI=1S/C20H18N3O2PS/c21-20(27)23-22-15-16-9-7-8-14-19(16)25-26(24,17-10-3-1-4-11-17)18-12-5-2-6-13-18/h1-15H,(H3,21,23,27)/b22-15+. The number of rotatable bonds is 6. The molecule has 0 saturated carbocycles. The predicted octanol–water partition coefficient (Wildman–Crippen LogP) is 3.16. The van der Waals surface area contributed by atoms with Crippen LogP contribution >= 0.6 is 19.6 Å². The van der Waals surface area contributed by atoms with Gasteiger partial charge >= 0.3 is 7.37 Å². The van der Waals surface area contributed by atoms with Gasteiger partial charge < -0.3 is 10.3 Å². The number of thiocarbonyl (C=S) groups is 1. The summed E-state index contributed by atoms with van der Waals surface area (Å²) < 4.78 is 20.1. The molecule has 0 saturated heterocycles. The quantitative estimate of drug-likeness (QED) is 0.290. The molecule has 0 amide bonds. The van der Waals surface area contributed by atoms with Gasteiger partial charge in [0.25, 0.3) is 0 Å². The molecule has 3 aromatic rings. The number of nitrogens with two attached hydrogens (primary N) is 1. The van der Waals surface area contributed by atoms with Crippen LogP contribution in [-0.4, -0.2) is 11.3 Å². The summed E-state index contributed by atoms with van der Waals surface area (Å²) in [6.07, 6.45) is 1.52. The molecule has 0 radical (unpaired) electrons. The normalized spacial score (nSPS) is 11.3. The van der Waals surface area contributed by atoms with E-state index in [0.717, 1.165) is 0 Å². The Bertz CT molecular complexity index is 951. The molecule has 3 aromatic carbocycles. The van der Waals surface area contributed by atoms with Crippen molar-refractivity contribution in [1.82, 2.24) is 5.43 Å². The minimum Gasteiger partial charge on any atom is -0.436 e. The summed E-state index contributed by atoms with van der Waals surface area (Å²) in [4.78, 5) is 0. The summed E-state index contributed by atoms with van der Waals surface area (Å²) in [6, 6.07) is 25.5. The van der Waals surface area contributed by atoms with Crippen LogP contribution in [-0.2, 0) is 4.57 Å². The van der Waals surface area contributed by atoms with Gasteiger partial charge in [-0.3, -0.25) is 9.99 Å². The second-order valence-electron chi connectivity index (χ2n) is 5.59. The first kappa shape index (κ1) is 18.8. The van der Waals surface area contributed by atoms with Crippen molar-refractivity contribution in [2.45, 2.75) is 0 Å². The summed E-state index contributed by atoms with van der Waals surface area (Å²) in [7, 11) is -3.36. The summed E-state index contributed by atoms with van der Waals surface area (Å²) in [5.74, 6) is 0.446. The largest absolute Gasteiger partial charge is 0.436 e. The van der Waals surface area contributed by atoms with E-state index in [0.29, 0.717) is 21.9 Å². The third-order valence-corrected chi connectivity index (χ3v) is 6.22. The van der Waals surface area contributed by atoms with Gasteiger partial charge in [-0.25, -0.2) is 0 Å². The Morgan fingerprint density at radius 3 is 2.00 bits per heavy atom. The summed E-state index contributed by atoms with van der Waals surface area (Å²) in [5.41, 5.74) is 8.53. The fourth-order valence-electron chi connectivity index (χ4n) is 2.48. The Morgan fingerprint density at radius 1 is 0.926 bits per heavy atom. The van der Waals surface area contributed by atoms with Crippen LogP contribution in [0, 0.1) is 0 Å². The van der Waals surface area contributed by atoms with E-state index >= 15 is 0 Å². The van der Waals surface area contributed by atoms with Gasteiger partial charge in [-0.15, -0.1) is 0 Å². The maximum Gasteiger partial charge on any atom is 0.306 e. The average molecular weight is 395 g/mol. The third kappa shape index (κ3) is 4.61. The second-order valence-corrected chi connectivity index (χ2v) is 8.34. The molecule has 3 rings (SSSR count). The van der Waals surface area contributed by atoms with E-state index < -0.39 is 7.37 Å². The van der Waals surface area contributed by atoms with Gasteiger partial charge in [-0.05, 0) is 48.6 Å². The van der Waals surface area contributed by atoms with Crippen LogP contribution in [0.2, 0.25) is 0 Å². The Hall–Kier alpha value is -2.95. The maximum atomic E-state index is 14.0. The van der Waals surface area contributed by atoms with Crippen LogP contribution in [0.25, 0.3) is 0 Å². The first-order valence-electron chi connectivity index (χ1n) is 8.18. The molecule has 0 aliphatic carbocycles. The number of hydrogen-bond acceptors (Lipinski definition) is 4. The van der Waals surface area contributed by atoms with E-state index in [-0.39, 0.29) is 5.11 Å². The van der Waals surface area contributed by atoms with Crippen molar-refractivity contribution < 1.29 is 9.09 Å². The lowest BCUT2D eigenvalue weighted by atomic mass is 10.2. The van der Waals surface area contributed by atoms with Crippen molar-refractivity contribution in [3.8, 4) is 5.75 Å². The molecule has 0 unspecified atom stereocenters. The van der Waals surface area contributed by atoms with Crippen molar-refractivity contribution in [3.63, 3.8) is 0 Å². The van der Waals surface area contributed by atoms with Crippen molar-refractivity contribution >= 4 is 41.5 Å². The fraction of sp³-hybridized carbons (Fsp3) is 0. The first-order valence-corrected chi connectivity index (χ1v) is 10.2. The summed E-state index contributed by atoms with van der Waals surface area (Å²) >= 11 is 4.74. The van der Waals surface area contributed by atoms with Gasteiger partial charge in [-0.1, -0.05) is 48.5 Å². The summed E-state index contributed by atoms with van der Waals surface area (Å²) in [5, 5.41) is 5.26. The maximum absolute atomic E-state index is 14.0. The molecular formula is C20H18N3O2PS. The molecule has 0 atom stereocenters. The van der Waals surface area contributed by atoms with Gasteiger partial charge in [-0.2, -0.15) is 5.10 Å². The Kier molecular flexibility index (Phi) is 6.01. The fourth-order valence-corrected chi connectivity index (χ4v) is 4.61. The number of hydrogen-bond donors (Lipinski definition) is 2. The number of benzene rings is 3. The third-order valence-electron chi connectivity index (χ3n) is 3.72. The molecule has 3 N–H and O–H groups in total. The lowest BCUT2D eigenvalue weighted by Gasteiger charge is -2.21. The summed E-state index contributed by atoms with van der Waals surface area (Å²) in [6.45, 7) is 0. The van der Waals surface area contributed by atoms with E-state index in [4.69, 9.17) is 22.5 Å². The van der Waals surface area contributed by atoms with Crippen LogP contribution < -0.4 is 26.3 Å². The van der Waals surface area contributed by atoms with E-state index in [1.165, 1.54) is 6.21 Å². The number of nitrogens with one attached hydrogen (secondary N) is 1. The highest BCUT2D eigenvalue weighted by molar-refractivity contribution is 7.80. The van der Waals surface area contributed by atoms with Crippen LogP contribution in [0.3, 0.4) is 0 Å². The first-order chi connectivity index (χ1) is 13.1. The molecule has 136 valence electrons. The predicted molar refractivity (Wildman–Crippen MR) is 114 cm³/mol. The number of hydrazone groups is 1. The zero-order chi connectivity index (χ0) is 19.1. The van der Waals surface area contributed by atoms with E-state index in [1.54, 1.807) is 36.4 Å². The van der Waals surface area contributed by atoms with E-state index in [9.17, 15) is 4.57 Å². The number of nitrogens with zero attached hydrogens (tertiary/aromatic N) is 1. The van der Waals surface area contributed by atoms with Crippen molar-refractivity contribution in [2.24, 2.45) is 10.8 Å². The van der Waals surface area contributed by atoms with Crippen molar-refractivity contribution in [3.05, 3.63) is 90.5 Å². The molecule has 5 nitrogen and oxygen atoms in total. The van der Waals surface area contributed by atoms with E-state index in [2.05, 4.69) is 10.5 Å². The lowest BCUT2D eigenvalue weighted by Crippen LogP contribution is -2.24. The van der Waals surface area contributed by atoms with Gasteiger partial charge in [0.05, 0.1) is 16.8 Å². The molecule has 0 spiro atoms. The molecule has 0 fully saturated rings. The molecule has 7 heteroatoms. The Balaban J connectivity index is 2.03. The molecule has 0 aliphatic rings. The molecule has 0 aliphatic heterocycles. The van der Waals surface area contributed by atoms with E-state index in [1.807, 2.05) is 48.5 Å². The molecule has 0 bridgehead atoms. The van der Waals surface area contributed by atoms with Crippen LogP contribution in [0.4, 0.5) is 0 Å². The SMILES string of the molecule is NC(=S)N/N=C/c1ccccc1OP(=O)(c1ccccc1)c1ccccc1. The second kappa shape index (κ2) is 8.62.